The van der Waals surface area contributed by atoms with Crippen LogP contribution < -0.4 is 19.1 Å². The van der Waals surface area contributed by atoms with Gasteiger partial charge in [-0.05, 0) is 59.2 Å². The summed E-state index contributed by atoms with van der Waals surface area (Å²) in [6, 6.07) is 26.8. The van der Waals surface area contributed by atoms with Gasteiger partial charge in [0.15, 0.2) is 15.8 Å². The molecule has 1 N–H and O–H groups in total. The summed E-state index contributed by atoms with van der Waals surface area (Å²) in [7, 11) is 0. The Bertz CT molecular complexity index is 1970. The molecule has 9 nitrogen and oxygen atoms in total. The van der Waals surface area contributed by atoms with Crippen molar-refractivity contribution in [2.45, 2.75) is 22.7 Å². The molecule has 1 saturated heterocycles. The van der Waals surface area contributed by atoms with E-state index in [4.69, 9.17) is 14.2 Å². The van der Waals surface area contributed by atoms with E-state index in [1.807, 2.05) is 30.3 Å². The highest BCUT2D eigenvalue weighted by Crippen LogP contribution is 2.45. The molecule has 2 aliphatic rings. The second-order valence-corrected chi connectivity index (χ2v) is 12.8. The minimum atomic E-state index is -1.01. The van der Waals surface area contributed by atoms with Crippen LogP contribution in [0.5, 0.6) is 17.2 Å². The van der Waals surface area contributed by atoms with Gasteiger partial charge in [0.25, 0.3) is 5.78 Å². The fourth-order valence-electron chi connectivity index (χ4n) is 5.26. The molecule has 1 unspecified atom stereocenters. The molecule has 12 heteroatoms. The number of aliphatic hydroxyl groups excluding tert-OH is 1. The zero-order valence-corrected chi connectivity index (χ0v) is 26.3. The fourth-order valence-corrected chi connectivity index (χ4v) is 7.09. The van der Waals surface area contributed by atoms with Gasteiger partial charge in [0.2, 0.25) is 5.13 Å². The molecule has 236 valence electrons. The van der Waals surface area contributed by atoms with Gasteiger partial charge < -0.3 is 19.3 Å². The Labute approximate surface area is 277 Å². The number of rotatable bonds is 9. The van der Waals surface area contributed by atoms with E-state index in [-0.39, 0.29) is 22.3 Å². The molecule has 7 rings (SSSR count). The number of hydrogen-bond acceptors (Lipinski definition) is 10. The number of fused-ring (bicyclic) bond motifs is 1. The van der Waals surface area contributed by atoms with Gasteiger partial charge in [-0.1, -0.05) is 77.7 Å². The van der Waals surface area contributed by atoms with Crippen LogP contribution in [-0.4, -0.2) is 40.2 Å². The zero-order chi connectivity index (χ0) is 32.3. The summed E-state index contributed by atoms with van der Waals surface area (Å²) < 4.78 is 31.1. The van der Waals surface area contributed by atoms with Crippen molar-refractivity contribution in [3.8, 4) is 17.2 Å². The molecule has 47 heavy (non-hydrogen) atoms. The molecule has 0 radical (unpaired) electrons. The predicted octanol–water partition coefficient (Wildman–Crippen LogP) is 6.95. The van der Waals surface area contributed by atoms with E-state index in [0.717, 1.165) is 22.5 Å². The molecule has 0 aliphatic carbocycles. The number of aliphatic hydroxyl groups is 1. The van der Waals surface area contributed by atoms with Gasteiger partial charge in [-0.2, -0.15) is 0 Å². The number of anilines is 1. The first-order chi connectivity index (χ1) is 22.9. The van der Waals surface area contributed by atoms with Crippen molar-refractivity contribution in [1.29, 1.82) is 0 Å². The third-order valence-corrected chi connectivity index (χ3v) is 9.71. The molecule has 1 fully saturated rings. The number of ketones is 1. The minimum Gasteiger partial charge on any atom is -0.507 e. The van der Waals surface area contributed by atoms with Crippen LogP contribution in [0.15, 0.2) is 107 Å². The third kappa shape index (κ3) is 6.42. The number of aromatic nitrogens is 2. The number of carbonyl (C=O) groups is 2. The first-order valence-corrected chi connectivity index (χ1v) is 16.4. The number of carbonyl (C=O) groups excluding carboxylic acids is 2. The van der Waals surface area contributed by atoms with E-state index in [9.17, 15) is 19.1 Å². The Morgan fingerprint density at radius 3 is 2.43 bits per heavy atom. The molecular formula is C35H26FN3O6S2. The molecule has 1 atom stereocenters. The van der Waals surface area contributed by atoms with Gasteiger partial charge in [-0.3, -0.25) is 14.5 Å². The average molecular weight is 668 g/mol. The first kappa shape index (κ1) is 30.5. The number of hydrogen-bond donors (Lipinski definition) is 1. The lowest BCUT2D eigenvalue weighted by Gasteiger charge is -2.23. The standard InChI is InChI=1S/C35H26FN3O6S2/c36-25-11-6-22(7-12-25)20-46-35-38-37-34(47-35)39-30(23-8-13-26(14-9-23)45-19-21-4-2-1-3-5-21)29(32(41)33(39)42)31(40)24-10-15-27-28(18-24)44-17-16-43-27/h1-15,18,30,40H,16-17,19-20H2/b31-29+. The molecule has 0 bridgehead atoms. The maximum atomic E-state index is 13.7. The lowest BCUT2D eigenvalue weighted by atomic mass is 9.95. The highest BCUT2D eigenvalue weighted by Gasteiger charge is 2.48. The molecule has 1 amide bonds. The Balaban J connectivity index is 1.23. The van der Waals surface area contributed by atoms with Crippen LogP contribution in [0.4, 0.5) is 9.52 Å². The Morgan fingerprint density at radius 2 is 1.66 bits per heavy atom. The number of thioether (sulfide) groups is 1. The van der Waals surface area contributed by atoms with E-state index in [1.54, 1.807) is 54.6 Å². The van der Waals surface area contributed by atoms with Crippen molar-refractivity contribution < 1.29 is 33.3 Å². The summed E-state index contributed by atoms with van der Waals surface area (Å²) in [6.45, 7) is 1.12. The van der Waals surface area contributed by atoms with Crippen LogP contribution >= 0.6 is 23.1 Å². The van der Waals surface area contributed by atoms with E-state index in [0.29, 0.717) is 58.3 Å². The molecule has 3 heterocycles. The van der Waals surface area contributed by atoms with Crippen LogP contribution in [-0.2, 0) is 21.9 Å². The van der Waals surface area contributed by atoms with Gasteiger partial charge in [-0.25, -0.2) is 4.39 Å². The lowest BCUT2D eigenvalue weighted by Crippen LogP contribution is -2.29. The highest BCUT2D eigenvalue weighted by atomic mass is 32.2. The molecule has 1 aromatic heterocycles. The van der Waals surface area contributed by atoms with E-state index >= 15 is 0 Å². The summed E-state index contributed by atoms with van der Waals surface area (Å²) in [5.74, 6) is -0.324. The van der Waals surface area contributed by atoms with Crippen molar-refractivity contribution in [2.24, 2.45) is 0 Å². The Kier molecular flexibility index (Phi) is 8.60. The molecule has 0 saturated carbocycles. The number of amides is 1. The molecule has 2 aliphatic heterocycles. The monoisotopic (exact) mass is 667 g/mol. The van der Waals surface area contributed by atoms with Crippen molar-refractivity contribution in [3.63, 3.8) is 0 Å². The van der Waals surface area contributed by atoms with Crippen LogP contribution in [0.1, 0.15) is 28.3 Å². The van der Waals surface area contributed by atoms with Crippen molar-refractivity contribution in [1.82, 2.24) is 10.2 Å². The van der Waals surface area contributed by atoms with Crippen LogP contribution in [0.2, 0.25) is 0 Å². The maximum absolute atomic E-state index is 13.7. The molecule has 4 aromatic carbocycles. The number of Topliss-reactive ketones (excluding diaryl/α,β-unsaturated/α-hetero) is 1. The summed E-state index contributed by atoms with van der Waals surface area (Å²) in [5.41, 5.74) is 2.66. The van der Waals surface area contributed by atoms with Gasteiger partial charge in [0.1, 0.15) is 37.1 Å². The number of ether oxygens (including phenoxy) is 3. The number of benzene rings is 4. The summed E-state index contributed by atoms with van der Waals surface area (Å²) in [5, 5.41) is 20.3. The smallest absolute Gasteiger partial charge is 0.301 e. The maximum Gasteiger partial charge on any atom is 0.301 e. The van der Waals surface area contributed by atoms with E-state index in [2.05, 4.69) is 10.2 Å². The second kappa shape index (κ2) is 13.3. The first-order valence-electron chi connectivity index (χ1n) is 14.6. The van der Waals surface area contributed by atoms with E-state index in [1.165, 1.54) is 28.8 Å². The Hall–Kier alpha value is -5.20. The van der Waals surface area contributed by atoms with Crippen LogP contribution in [0.3, 0.4) is 0 Å². The molecule has 0 spiro atoms. The zero-order valence-electron chi connectivity index (χ0n) is 24.7. The largest absolute Gasteiger partial charge is 0.507 e. The van der Waals surface area contributed by atoms with E-state index < -0.39 is 17.7 Å². The van der Waals surface area contributed by atoms with Crippen LogP contribution in [0, 0.1) is 5.82 Å². The Morgan fingerprint density at radius 1 is 0.915 bits per heavy atom. The van der Waals surface area contributed by atoms with Crippen molar-refractivity contribution in [2.75, 3.05) is 18.1 Å². The topological polar surface area (TPSA) is 111 Å². The number of nitrogens with zero attached hydrogens (tertiary/aromatic N) is 3. The molecular weight excluding hydrogens is 642 g/mol. The van der Waals surface area contributed by atoms with Crippen molar-refractivity contribution in [3.05, 3.63) is 131 Å². The summed E-state index contributed by atoms with van der Waals surface area (Å²) in [4.78, 5) is 28.6. The van der Waals surface area contributed by atoms with Gasteiger partial charge in [0.05, 0.1) is 11.6 Å². The SMILES string of the molecule is O=C1C(=O)N(c2nnc(SCc3ccc(F)cc3)s2)C(c2ccc(OCc3ccccc3)cc2)/C1=C(\O)c1ccc2c(c1)OCCO2. The quantitative estimate of drug-likeness (QED) is 0.0587. The van der Waals surface area contributed by atoms with Gasteiger partial charge >= 0.3 is 5.91 Å². The molecule has 5 aromatic rings. The van der Waals surface area contributed by atoms with Crippen molar-refractivity contribution >= 4 is 45.7 Å². The highest BCUT2D eigenvalue weighted by molar-refractivity contribution is 8.00. The normalized spacial score (nSPS) is 16.8. The summed E-state index contributed by atoms with van der Waals surface area (Å²) in [6.07, 6.45) is 0. The average Bonchev–Trinajstić information content (AvgIpc) is 3.68. The predicted molar refractivity (Wildman–Crippen MR) is 175 cm³/mol. The van der Waals surface area contributed by atoms with Gasteiger partial charge in [0, 0.05) is 11.3 Å². The summed E-state index contributed by atoms with van der Waals surface area (Å²) >= 11 is 2.52. The minimum absolute atomic E-state index is 0.0969. The number of halogens is 1. The fraction of sp³-hybridized carbons (Fsp3) is 0.143. The third-order valence-electron chi connectivity index (χ3n) is 7.58. The van der Waals surface area contributed by atoms with Crippen LogP contribution in [0.25, 0.3) is 5.76 Å². The lowest BCUT2D eigenvalue weighted by molar-refractivity contribution is -0.132. The second-order valence-electron chi connectivity index (χ2n) is 10.6. The van der Waals surface area contributed by atoms with Gasteiger partial charge in [-0.15, -0.1) is 10.2 Å².